The van der Waals surface area contributed by atoms with Gasteiger partial charge in [-0.2, -0.15) is 0 Å². The lowest BCUT2D eigenvalue weighted by Gasteiger charge is -2.13. The molecule has 1 aliphatic carbocycles. The van der Waals surface area contributed by atoms with Crippen LogP contribution in [0.2, 0.25) is 0 Å². The molecule has 1 aliphatic rings. The Morgan fingerprint density at radius 1 is 0.250 bits per heavy atom. The van der Waals surface area contributed by atoms with Crippen LogP contribution in [0.5, 0.6) is 0 Å². The summed E-state index contributed by atoms with van der Waals surface area (Å²) >= 11 is 0. The normalized spacial score (nSPS) is 14.4. The summed E-state index contributed by atoms with van der Waals surface area (Å²) in [4.78, 5) is 29.3. The third-order valence-corrected chi connectivity index (χ3v) is 19.6. The highest BCUT2D eigenvalue weighted by atomic mass is 14.9. The van der Waals surface area contributed by atoms with E-state index in [0.29, 0.717) is 22.9 Å². The van der Waals surface area contributed by atoms with Crippen molar-refractivity contribution >= 4 is 59.4 Å². The van der Waals surface area contributed by atoms with Crippen LogP contribution in [0.4, 0.5) is 0 Å². The number of pyridine rings is 2. The predicted molar refractivity (Wildman–Crippen MR) is 433 cm³/mol. The van der Waals surface area contributed by atoms with Crippen molar-refractivity contribution in [3.05, 3.63) is 382 Å². The summed E-state index contributed by atoms with van der Waals surface area (Å²) in [6, 6.07) is 115. The van der Waals surface area contributed by atoms with Crippen LogP contribution in [-0.4, -0.2) is 29.9 Å². The molecule has 488 valence electrons. The van der Waals surface area contributed by atoms with Crippen molar-refractivity contribution in [3.8, 4) is 123 Å². The second-order valence-corrected chi connectivity index (χ2v) is 25.9. The van der Waals surface area contributed by atoms with Gasteiger partial charge in [0.25, 0.3) is 0 Å². The van der Waals surface area contributed by atoms with E-state index in [2.05, 4.69) is 295 Å². The molecule has 2 unspecified atom stereocenters. The lowest BCUT2D eigenvalue weighted by molar-refractivity contribution is 1.05. The molecule has 0 spiro atoms. The van der Waals surface area contributed by atoms with Crippen molar-refractivity contribution in [2.45, 2.75) is 12.8 Å². The molecule has 0 aliphatic heterocycles. The summed E-state index contributed by atoms with van der Waals surface area (Å²) in [6.07, 6.45) is 5.15. The summed E-state index contributed by atoms with van der Waals surface area (Å²) in [5.74, 6) is 1.26. The van der Waals surface area contributed by atoms with Gasteiger partial charge in [0.15, 0.2) is 11.6 Å². The molecule has 0 amide bonds. The third kappa shape index (κ3) is 12.6. The highest BCUT2D eigenvalue weighted by Crippen LogP contribution is 2.40. The van der Waals surface area contributed by atoms with Gasteiger partial charge >= 0.3 is 0 Å². The molecule has 4 heterocycles. The fourth-order valence-corrected chi connectivity index (χ4v) is 14.2. The molecule has 4 aromatic heterocycles. The van der Waals surface area contributed by atoms with Gasteiger partial charge in [-0.3, -0.25) is 9.97 Å². The number of allylic oxidation sites excluding steroid dienone is 4. The third-order valence-electron chi connectivity index (χ3n) is 19.6. The Morgan fingerprint density at radius 2 is 0.673 bits per heavy atom. The maximum atomic E-state index is 8.54. The quantitative estimate of drug-likeness (QED) is 0.113. The fraction of sp³-hybridized carbons (Fsp3) is 0.0204. The molecule has 0 fully saturated rings. The van der Waals surface area contributed by atoms with Crippen molar-refractivity contribution < 1.29 is 6.85 Å². The monoisotopic (exact) mass is 1330 g/mol. The molecule has 6 nitrogen and oxygen atoms in total. The van der Waals surface area contributed by atoms with Gasteiger partial charge in [0.1, 0.15) is 0 Å². The molecule has 18 aromatic rings. The number of benzene rings is 14. The highest BCUT2D eigenvalue weighted by molar-refractivity contribution is 6.25. The minimum Gasteiger partial charge on any atom is -0.264 e. The molecule has 2 atom stereocenters. The Labute approximate surface area is 611 Å². The summed E-state index contributed by atoms with van der Waals surface area (Å²) in [5.41, 5.74) is 20.9. The number of fused-ring (bicyclic) bond motifs is 8. The largest absolute Gasteiger partial charge is 0.264 e. The van der Waals surface area contributed by atoms with Crippen LogP contribution in [0.15, 0.2) is 377 Å². The van der Waals surface area contributed by atoms with Gasteiger partial charge in [-0.1, -0.05) is 321 Å². The minimum atomic E-state index is -1.20. The molecule has 19 rings (SSSR count). The zero-order chi connectivity index (χ0) is 73.5. The van der Waals surface area contributed by atoms with Crippen molar-refractivity contribution in [2.75, 3.05) is 0 Å². The van der Waals surface area contributed by atoms with Gasteiger partial charge in [0, 0.05) is 71.9 Å². The maximum absolute atomic E-state index is 8.54. The molecule has 0 N–H and O–H groups in total. The first kappa shape index (κ1) is 57.1. The number of hydrogen-bond donors (Lipinski definition) is 0. The van der Waals surface area contributed by atoms with Gasteiger partial charge < -0.3 is 0 Å². The van der Waals surface area contributed by atoms with E-state index in [1.54, 1.807) is 18.3 Å². The van der Waals surface area contributed by atoms with E-state index in [0.717, 1.165) is 94.8 Å². The summed E-state index contributed by atoms with van der Waals surface area (Å²) in [6.45, 7) is 0. The average Bonchev–Trinajstić information content (AvgIpc) is 0.745. The number of rotatable bonds is 12. The summed E-state index contributed by atoms with van der Waals surface area (Å²) in [5, 5.41) is 12.3. The van der Waals surface area contributed by atoms with Crippen molar-refractivity contribution in [2.24, 2.45) is 0 Å². The van der Waals surface area contributed by atoms with E-state index in [9.17, 15) is 0 Å². The smallest absolute Gasteiger partial charge is 0.160 e. The topological polar surface area (TPSA) is 77.3 Å². The number of nitrogens with zero attached hydrogens (tertiary/aromatic N) is 6. The lowest BCUT2D eigenvalue weighted by atomic mass is 9.92. The zero-order valence-corrected chi connectivity index (χ0v) is 56.4. The maximum Gasteiger partial charge on any atom is 0.160 e. The lowest BCUT2D eigenvalue weighted by Crippen LogP contribution is -1.96. The zero-order valence-electron chi connectivity index (χ0n) is 61.4. The molecule has 0 saturated carbocycles. The van der Waals surface area contributed by atoms with Crippen molar-refractivity contribution in [1.82, 2.24) is 29.9 Å². The molecule has 0 bridgehead atoms. The molecule has 6 heteroatoms. The number of hydrogen-bond acceptors (Lipinski definition) is 6. The second kappa shape index (κ2) is 27.8. The Balaban J connectivity index is 0.000000155. The molecule has 14 aromatic carbocycles. The fourth-order valence-electron chi connectivity index (χ4n) is 14.2. The van der Waals surface area contributed by atoms with Crippen LogP contribution >= 0.6 is 0 Å². The first-order valence-electron chi connectivity index (χ1n) is 37.5. The predicted octanol–water partition coefficient (Wildman–Crippen LogP) is 25.6. The van der Waals surface area contributed by atoms with Crippen LogP contribution in [0, 0.1) is 0 Å². The van der Waals surface area contributed by atoms with E-state index in [-0.39, 0.29) is 23.7 Å². The summed E-state index contributed by atoms with van der Waals surface area (Å²) in [7, 11) is 0. The van der Waals surface area contributed by atoms with Crippen LogP contribution in [0.1, 0.15) is 25.2 Å². The van der Waals surface area contributed by atoms with Crippen molar-refractivity contribution in [3.63, 3.8) is 0 Å². The van der Waals surface area contributed by atoms with E-state index in [4.69, 9.17) is 26.8 Å². The SMILES string of the molecule is [2H]C1=C([2H])C([2H])C([2H])C(c2ccc(-c3cc(-c4ccc(-c5cccnc5)cc4)nc(-c4ccc(-c5cccc6ccccc56)cc4)n3)cc2)=C1[2H].c1ccc(-c2ccc(-c3cc(-c4cccc(-c5cncc6ccccc56)c4)nc(-c4ccc(-c5ccc6c7ccccc7c7ccccc7c6c5)cc4)n3)cc2)cc1. The molecule has 0 radical (unpaired) electrons. The Kier molecular flexibility index (Phi) is 15.3. The van der Waals surface area contributed by atoms with Gasteiger partial charge in [-0.05, 0) is 153 Å². The average molecular weight is 1330 g/mol. The van der Waals surface area contributed by atoms with Gasteiger partial charge in [0.2, 0.25) is 0 Å². The Hall–Kier alpha value is -13.7. The van der Waals surface area contributed by atoms with E-state index >= 15 is 0 Å². The van der Waals surface area contributed by atoms with E-state index in [1.807, 2.05) is 55.0 Å². The van der Waals surface area contributed by atoms with Crippen LogP contribution in [0.3, 0.4) is 0 Å². The Bertz CT molecular complexity index is 6530. The molecule has 104 heavy (non-hydrogen) atoms. The molecular weight excluding hydrogens is 1260 g/mol. The van der Waals surface area contributed by atoms with Crippen LogP contribution in [0.25, 0.3) is 183 Å². The minimum absolute atomic E-state index is 0.176. The highest BCUT2D eigenvalue weighted by Gasteiger charge is 2.18. The van der Waals surface area contributed by atoms with Crippen LogP contribution in [-0.2, 0) is 0 Å². The van der Waals surface area contributed by atoms with Crippen LogP contribution < -0.4 is 0 Å². The first-order valence-corrected chi connectivity index (χ1v) is 34.8. The summed E-state index contributed by atoms with van der Waals surface area (Å²) < 4.78 is 41.4. The van der Waals surface area contributed by atoms with Gasteiger partial charge in [0.05, 0.1) is 26.9 Å². The standard InChI is InChI=1S/C55H35N3.C43H31N3/c1-2-11-36(12-3-1)37-21-25-39(26-22-37)53-33-54(43-15-10-14-42(31-43)52-35-56-34-44-13-4-5-16-45(44)52)58-55(57-53)40-27-23-38(24-28-40)41-29-30-50-48-19-7-6-17-46(48)47-18-8-9-20-49(47)51(50)32-41;1-2-8-30(9-3-1)31-15-21-35(22-16-31)41-28-42(36-23-17-32(18-24-36)38-12-7-27-44-29-38)46-43(45-41)37-25-19-34(20-26-37)40-14-6-11-33-10-4-5-13-39(33)40/h1-35H;1-2,4-8,10-29H,3,9H2/i;1D,2D,3D,8D,9D. The Morgan fingerprint density at radius 3 is 1.28 bits per heavy atom. The van der Waals surface area contributed by atoms with Gasteiger partial charge in [-0.15, -0.1) is 0 Å². The van der Waals surface area contributed by atoms with E-state index in [1.165, 1.54) is 65.2 Å². The van der Waals surface area contributed by atoms with Gasteiger partial charge in [-0.25, -0.2) is 19.9 Å². The molecular formula is C98H66N6. The first-order chi connectivity index (χ1) is 53.6. The van der Waals surface area contributed by atoms with Crippen molar-refractivity contribution in [1.29, 1.82) is 0 Å². The second-order valence-electron chi connectivity index (χ2n) is 25.9. The van der Waals surface area contributed by atoms with E-state index < -0.39 is 12.8 Å². The molecule has 0 saturated heterocycles. The number of aromatic nitrogens is 6.